The van der Waals surface area contributed by atoms with Gasteiger partial charge in [-0.15, -0.1) is 0 Å². The average Bonchev–Trinajstić information content (AvgIpc) is 3.27. The molecule has 0 unspecified atom stereocenters. The molecule has 27 heavy (non-hydrogen) atoms. The number of nitrogens with one attached hydrogen (secondary N) is 1. The molecular weight excluding hydrogens is 340 g/mol. The van der Waals surface area contributed by atoms with Crippen molar-refractivity contribution in [3.63, 3.8) is 0 Å². The molecule has 0 atom stereocenters. The van der Waals surface area contributed by atoms with Gasteiger partial charge in [0.2, 0.25) is 0 Å². The van der Waals surface area contributed by atoms with E-state index in [-0.39, 0.29) is 5.91 Å². The number of carbonyl (C=O) groups excluding carboxylic acids is 1. The molecular formula is C20H24N6O. The molecule has 0 radical (unpaired) electrons. The van der Waals surface area contributed by atoms with Crippen LogP contribution in [0.15, 0.2) is 61.7 Å². The second kappa shape index (κ2) is 9.28. The molecule has 3 heterocycles. The molecule has 7 heteroatoms. The number of aryl methyl sites for hydroxylation is 1. The Morgan fingerprint density at radius 1 is 1.26 bits per heavy atom. The lowest BCUT2D eigenvalue weighted by atomic mass is 10.1. The van der Waals surface area contributed by atoms with Crippen molar-refractivity contribution in [2.45, 2.75) is 20.8 Å². The van der Waals surface area contributed by atoms with E-state index in [1.54, 1.807) is 39.9 Å². The molecule has 3 rings (SSSR count). The molecule has 1 amide bonds. The van der Waals surface area contributed by atoms with E-state index in [1.807, 2.05) is 46.0 Å². The number of allylic oxidation sites excluding steroid dienone is 5. The van der Waals surface area contributed by atoms with Gasteiger partial charge in [-0.1, -0.05) is 44.7 Å². The Morgan fingerprint density at radius 3 is 2.74 bits per heavy atom. The van der Waals surface area contributed by atoms with Gasteiger partial charge in [0.25, 0.3) is 5.91 Å². The summed E-state index contributed by atoms with van der Waals surface area (Å²) in [7, 11) is 1.82. The normalized spacial score (nSPS) is 11.3. The predicted octanol–water partition coefficient (Wildman–Crippen LogP) is 3.89. The fraction of sp³-hybridized carbons (Fsp3) is 0.200. The van der Waals surface area contributed by atoms with Crippen LogP contribution in [0.1, 0.15) is 36.8 Å². The van der Waals surface area contributed by atoms with Gasteiger partial charge in [0.1, 0.15) is 5.56 Å². The van der Waals surface area contributed by atoms with Crippen LogP contribution in [0.4, 0.5) is 5.69 Å². The quantitative estimate of drug-likeness (QED) is 0.697. The third-order valence-electron chi connectivity index (χ3n) is 3.63. The molecule has 0 aromatic carbocycles. The van der Waals surface area contributed by atoms with Crippen LogP contribution in [0.3, 0.4) is 0 Å². The fourth-order valence-electron chi connectivity index (χ4n) is 2.57. The summed E-state index contributed by atoms with van der Waals surface area (Å²) in [6.45, 7) is 9.67. The summed E-state index contributed by atoms with van der Waals surface area (Å²) in [5.74, 6) is -0.290. The van der Waals surface area contributed by atoms with Gasteiger partial charge in [0.05, 0.1) is 23.8 Å². The van der Waals surface area contributed by atoms with Crippen LogP contribution in [-0.2, 0) is 7.05 Å². The Labute approximate surface area is 158 Å². The van der Waals surface area contributed by atoms with Crippen LogP contribution in [0.25, 0.3) is 11.2 Å². The lowest BCUT2D eigenvalue weighted by molar-refractivity contribution is 0.102. The van der Waals surface area contributed by atoms with E-state index in [0.717, 1.165) is 11.3 Å². The molecule has 3 aromatic rings. The molecule has 0 saturated carbocycles. The number of nitrogens with zero attached hydrogens (tertiary/aromatic N) is 5. The minimum atomic E-state index is -0.290. The van der Waals surface area contributed by atoms with Crippen LogP contribution in [0, 0.1) is 0 Å². The zero-order chi connectivity index (χ0) is 19.8. The SMILES string of the molecule is C=C/C=C(\C=C/C)c1c(NC(=O)c2cnn3cccnc23)cnn1C.CC. The van der Waals surface area contributed by atoms with Crippen molar-refractivity contribution in [1.82, 2.24) is 24.4 Å². The molecule has 0 bridgehead atoms. The second-order valence-electron chi connectivity index (χ2n) is 5.29. The van der Waals surface area contributed by atoms with Gasteiger partial charge in [-0.2, -0.15) is 10.2 Å². The van der Waals surface area contributed by atoms with Crippen molar-refractivity contribution in [2.75, 3.05) is 5.32 Å². The minimum absolute atomic E-state index is 0.290. The van der Waals surface area contributed by atoms with E-state index in [9.17, 15) is 4.79 Å². The summed E-state index contributed by atoms with van der Waals surface area (Å²) in [5.41, 5.74) is 3.19. The molecule has 0 aliphatic rings. The number of rotatable bonds is 5. The zero-order valence-electron chi connectivity index (χ0n) is 16.0. The maximum absolute atomic E-state index is 12.7. The van der Waals surface area contributed by atoms with Gasteiger partial charge in [-0.25, -0.2) is 9.50 Å². The van der Waals surface area contributed by atoms with Crippen molar-refractivity contribution >= 4 is 22.8 Å². The van der Waals surface area contributed by atoms with Gasteiger partial charge in [-0.3, -0.25) is 9.48 Å². The fourth-order valence-corrected chi connectivity index (χ4v) is 2.57. The first-order valence-electron chi connectivity index (χ1n) is 8.73. The van der Waals surface area contributed by atoms with Crippen LogP contribution in [0.2, 0.25) is 0 Å². The Bertz CT molecular complexity index is 993. The summed E-state index contributed by atoms with van der Waals surface area (Å²) in [5, 5.41) is 11.3. The van der Waals surface area contributed by atoms with E-state index in [1.165, 1.54) is 6.20 Å². The number of amides is 1. The highest BCUT2D eigenvalue weighted by atomic mass is 16.1. The standard InChI is InChI=1S/C18H18N6O.C2H6/c1-4-7-13(8-5-2)16-15(12-20-23(16)3)22-18(25)14-11-21-24-10-6-9-19-17(14)24;1-2/h4-12H,1H2,2-3H3,(H,22,25);1-2H3/b8-5-,13-7+;. The largest absolute Gasteiger partial charge is 0.319 e. The van der Waals surface area contributed by atoms with Gasteiger partial charge >= 0.3 is 0 Å². The maximum atomic E-state index is 12.7. The van der Waals surface area contributed by atoms with E-state index in [2.05, 4.69) is 27.1 Å². The van der Waals surface area contributed by atoms with Gasteiger partial charge < -0.3 is 5.32 Å². The zero-order valence-corrected chi connectivity index (χ0v) is 16.0. The average molecular weight is 364 g/mol. The molecule has 7 nitrogen and oxygen atoms in total. The van der Waals surface area contributed by atoms with E-state index in [0.29, 0.717) is 16.9 Å². The first-order valence-corrected chi connectivity index (χ1v) is 8.73. The topological polar surface area (TPSA) is 77.1 Å². The van der Waals surface area contributed by atoms with Gasteiger partial charge in [0.15, 0.2) is 5.65 Å². The Balaban J connectivity index is 0.00000126. The van der Waals surface area contributed by atoms with E-state index in [4.69, 9.17) is 0 Å². The maximum Gasteiger partial charge on any atom is 0.261 e. The molecule has 3 aromatic heterocycles. The molecule has 0 aliphatic carbocycles. The van der Waals surface area contributed by atoms with Crippen molar-refractivity contribution in [1.29, 1.82) is 0 Å². The van der Waals surface area contributed by atoms with Crippen molar-refractivity contribution in [3.8, 4) is 0 Å². The van der Waals surface area contributed by atoms with Crippen LogP contribution < -0.4 is 5.32 Å². The Hall–Kier alpha value is -3.48. The summed E-state index contributed by atoms with van der Waals surface area (Å²) in [6.07, 6.45) is 13.9. The molecule has 0 spiro atoms. The highest BCUT2D eigenvalue weighted by molar-refractivity contribution is 6.09. The molecule has 1 N–H and O–H groups in total. The Kier molecular flexibility index (Phi) is 6.82. The predicted molar refractivity (Wildman–Crippen MR) is 108 cm³/mol. The molecule has 0 fully saturated rings. The highest BCUT2D eigenvalue weighted by Gasteiger charge is 2.18. The Morgan fingerprint density at radius 2 is 2.04 bits per heavy atom. The monoisotopic (exact) mass is 364 g/mol. The molecule has 140 valence electrons. The lowest BCUT2D eigenvalue weighted by Crippen LogP contribution is -2.13. The molecule has 0 aliphatic heterocycles. The molecule has 0 saturated heterocycles. The lowest BCUT2D eigenvalue weighted by Gasteiger charge is -2.08. The van der Waals surface area contributed by atoms with E-state index < -0.39 is 0 Å². The van der Waals surface area contributed by atoms with Gasteiger partial charge in [0, 0.05) is 25.0 Å². The highest BCUT2D eigenvalue weighted by Crippen LogP contribution is 2.25. The number of hydrogen-bond donors (Lipinski definition) is 1. The van der Waals surface area contributed by atoms with Crippen molar-refractivity contribution in [3.05, 3.63) is 73.0 Å². The minimum Gasteiger partial charge on any atom is -0.319 e. The van der Waals surface area contributed by atoms with Crippen LogP contribution >= 0.6 is 0 Å². The number of aromatic nitrogens is 5. The number of anilines is 1. The van der Waals surface area contributed by atoms with Crippen LogP contribution in [-0.4, -0.2) is 30.3 Å². The smallest absolute Gasteiger partial charge is 0.261 e. The number of hydrogen-bond acceptors (Lipinski definition) is 4. The summed E-state index contributed by atoms with van der Waals surface area (Å²) in [6, 6.07) is 1.75. The number of carbonyl (C=O) groups is 1. The summed E-state index contributed by atoms with van der Waals surface area (Å²) < 4.78 is 3.27. The first kappa shape index (κ1) is 19.8. The van der Waals surface area contributed by atoms with Crippen molar-refractivity contribution in [2.24, 2.45) is 7.05 Å². The van der Waals surface area contributed by atoms with E-state index >= 15 is 0 Å². The number of fused-ring (bicyclic) bond motifs is 1. The summed E-state index contributed by atoms with van der Waals surface area (Å²) in [4.78, 5) is 16.9. The van der Waals surface area contributed by atoms with Crippen LogP contribution in [0.5, 0.6) is 0 Å². The first-order chi connectivity index (χ1) is 13.2. The summed E-state index contributed by atoms with van der Waals surface area (Å²) >= 11 is 0. The second-order valence-corrected chi connectivity index (χ2v) is 5.29. The third-order valence-corrected chi connectivity index (χ3v) is 3.63. The van der Waals surface area contributed by atoms with Gasteiger partial charge in [-0.05, 0) is 13.0 Å². The third kappa shape index (κ3) is 4.20. The van der Waals surface area contributed by atoms with Crippen molar-refractivity contribution < 1.29 is 4.79 Å².